The molecule has 0 aliphatic heterocycles. The largest absolute Gasteiger partial charge is 0.360 e. The van der Waals surface area contributed by atoms with Gasteiger partial charge in [0.05, 0.1) is 11.6 Å². The first-order chi connectivity index (χ1) is 10.1. The van der Waals surface area contributed by atoms with E-state index in [0.717, 1.165) is 16.5 Å². The van der Waals surface area contributed by atoms with Gasteiger partial charge in [0.15, 0.2) is 0 Å². The molecule has 0 aliphatic rings. The van der Waals surface area contributed by atoms with Crippen LogP contribution in [0.25, 0.3) is 10.9 Å². The van der Waals surface area contributed by atoms with E-state index in [1.54, 1.807) is 6.20 Å². The van der Waals surface area contributed by atoms with Crippen LogP contribution in [-0.2, 0) is 0 Å². The third kappa shape index (κ3) is 2.78. The highest BCUT2D eigenvalue weighted by atomic mass is 35.5. The summed E-state index contributed by atoms with van der Waals surface area (Å²) in [6.45, 7) is 1.94. The molecule has 1 aromatic heterocycles. The molecule has 2 N–H and O–H groups in total. The summed E-state index contributed by atoms with van der Waals surface area (Å²) in [5.74, 6) is -0.0973. The lowest BCUT2D eigenvalue weighted by Gasteiger charge is -2.14. The lowest BCUT2D eigenvalue weighted by Crippen LogP contribution is -2.26. The van der Waals surface area contributed by atoms with E-state index in [1.807, 2.05) is 55.5 Å². The van der Waals surface area contributed by atoms with E-state index >= 15 is 0 Å². The molecular formula is C17H15ClN2O. The van der Waals surface area contributed by atoms with Gasteiger partial charge in [-0.1, -0.05) is 41.9 Å². The average molecular weight is 299 g/mol. The van der Waals surface area contributed by atoms with Gasteiger partial charge >= 0.3 is 0 Å². The van der Waals surface area contributed by atoms with Crippen LogP contribution in [0, 0.1) is 0 Å². The van der Waals surface area contributed by atoms with Crippen LogP contribution in [0.2, 0.25) is 5.02 Å². The number of rotatable bonds is 3. The second-order valence-corrected chi connectivity index (χ2v) is 5.43. The number of H-pyrrole nitrogens is 1. The Hall–Kier alpha value is -2.26. The topological polar surface area (TPSA) is 44.9 Å². The van der Waals surface area contributed by atoms with Gasteiger partial charge in [0.25, 0.3) is 5.91 Å². The minimum absolute atomic E-state index is 0.0973. The monoisotopic (exact) mass is 298 g/mol. The van der Waals surface area contributed by atoms with Crippen molar-refractivity contribution in [2.75, 3.05) is 0 Å². The first-order valence-electron chi connectivity index (χ1n) is 6.77. The number of carbonyl (C=O) groups is 1. The van der Waals surface area contributed by atoms with Crippen LogP contribution >= 0.6 is 11.6 Å². The van der Waals surface area contributed by atoms with Crippen LogP contribution in [0.3, 0.4) is 0 Å². The van der Waals surface area contributed by atoms with Crippen LogP contribution < -0.4 is 5.32 Å². The first kappa shape index (κ1) is 13.7. The molecule has 3 rings (SSSR count). The zero-order chi connectivity index (χ0) is 14.8. The molecule has 0 aliphatic carbocycles. The summed E-state index contributed by atoms with van der Waals surface area (Å²) in [7, 11) is 0. The molecule has 0 saturated carbocycles. The number of carbonyl (C=O) groups excluding carboxylic acids is 1. The third-order valence-electron chi connectivity index (χ3n) is 3.53. The molecule has 0 radical (unpaired) electrons. The molecule has 21 heavy (non-hydrogen) atoms. The number of aromatic nitrogens is 1. The molecule has 1 heterocycles. The molecule has 1 unspecified atom stereocenters. The SMILES string of the molecule is CC(NC(=O)c1c[nH]c2ccccc12)c1cccc(Cl)c1. The molecule has 3 nitrogen and oxygen atoms in total. The second-order valence-electron chi connectivity index (χ2n) is 5.00. The molecule has 0 bridgehead atoms. The minimum Gasteiger partial charge on any atom is -0.360 e. The van der Waals surface area contributed by atoms with Crippen molar-refractivity contribution in [1.29, 1.82) is 0 Å². The summed E-state index contributed by atoms with van der Waals surface area (Å²) in [5, 5.41) is 4.59. The highest BCUT2D eigenvalue weighted by Crippen LogP contribution is 2.20. The molecule has 0 saturated heterocycles. The van der Waals surface area contributed by atoms with E-state index in [4.69, 9.17) is 11.6 Å². The van der Waals surface area contributed by atoms with Gasteiger partial charge in [-0.25, -0.2) is 0 Å². The third-order valence-corrected chi connectivity index (χ3v) is 3.77. The molecule has 1 amide bonds. The van der Waals surface area contributed by atoms with Crippen LogP contribution in [0.5, 0.6) is 0 Å². The Morgan fingerprint density at radius 2 is 2.00 bits per heavy atom. The number of nitrogens with one attached hydrogen (secondary N) is 2. The van der Waals surface area contributed by atoms with E-state index in [-0.39, 0.29) is 11.9 Å². The summed E-state index contributed by atoms with van der Waals surface area (Å²) in [4.78, 5) is 15.5. The number of benzene rings is 2. The van der Waals surface area contributed by atoms with Crippen molar-refractivity contribution in [3.63, 3.8) is 0 Å². The predicted octanol–water partition coefficient (Wildman–Crippen LogP) is 4.31. The number of hydrogen-bond acceptors (Lipinski definition) is 1. The number of aromatic amines is 1. The van der Waals surface area contributed by atoms with Gasteiger partial charge < -0.3 is 10.3 Å². The van der Waals surface area contributed by atoms with Gasteiger partial charge in [-0.15, -0.1) is 0 Å². The van der Waals surface area contributed by atoms with E-state index < -0.39 is 0 Å². The smallest absolute Gasteiger partial charge is 0.253 e. The number of halogens is 1. The first-order valence-corrected chi connectivity index (χ1v) is 7.15. The van der Waals surface area contributed by atoms with Gasteiger partial charge in [-0.2, -0.15) is 0 Å². The van der Waals surface area contributed by atoms with Crippen molar-refractivity contribution in [1.82, 2.24) is 10.3 Å². The Morgan fingerprint density at radius 3 is 2.81 bits per heavy atom. The van der Waals surface area contributed by atoms with Gasteiger partial charge in [0.2, 0.25) is 0 Å². The van der Waals surface area contributed by atoms with E-state index in [0.29, 0.717) is 10.6 Å². The fourth-order valence-electron chi connectivity index (χ4n) is 2.39. The van der Waals surface area contributed by atoms with Crippen LogP contribution in [0.4, 0.5) is 0 Å². The molecule has 0 fully saturated rings. The second kappa shape index (κ2) is 5.62. The van der Waals surface area contributed by atoms with Crippen LogP contribution in [-0.4, -0.2) is 10.9 Å². The van der Waals surface area contributed by atoms with Crippen molar-refractivity contribution in [3.05, 3.63) is 70.9 Å². The zero-order valence-corrected chi connectivity index (χ0v) is 12.3. The Kier molecular flexibility index (Phi) is 3.67. The fraction of sp³-hybridized carbons (Fsp3) is 0.118. The number of fused-ring (bicyclic) bond motifs is 1. The van der Waals surface area contributed by atoms with Crippen molar-refractivity contribution in [2.24, 2.45) is 0 Å². The van der Waals surface area contributed by atoms with E-state index in [1.165, 1.54) is 0 Å². The summed E-state index contributed by atoms with van der Waals surface area (Å²) in [5.41, 5.74) is 2.59. The maximum Gasteiger partial charge on any atom is 0.253 e. The molecule has 4 heteroatoms. The quantitative estimate of drug-likeness (QED) is 0.743. The lowest BCUT2D eigenvalue weighted by molar-refractivity contribution is 0.0941. The van der Waals surface area contributed by atoms with Crippen molar-refractivity contribution >= 4 is 28.4 Å². The molecule has 1 atom stereocenters. The van der Waals surface area contributed by atoms with Crippen molar-refractivity contribution < 1.29 is 4.79 Å². The molecular weight excluding hydrogens is 284 g/mol. The highest BCUT2D eigenvalue weighted by Gasteiger charge is 2.15. The maximum atomic E-state index is 12.4. The summed E-state index contributed by atoms with van der Waals surface area (Å²) in [6, 6.07) is 15.2. The predicted molar refractivity (Wildman–Crippen MR) is 85.6 cm³/mol. The summed E-state index contributed by atoms with van der Waals surface area (Å²) < 4.78 is 0. The van der Waals surface area contributed by atoms with Crippen molar-refractivity contribution in [2.45, 2.75) is 13.0 Å². The Bertz CT molecular complexity index is 794. The van der Waals surface area contributed by atoms with Crippen molar-refractivity contribution in [3.8, 4) is 0 Å². The number of hydrogen-bond donors (Lipinski definition) is 2. The normalized spacial score (nSPS) is 12.3. The van der Waals surface area contributed by atoms with Crippen LogP contribution in [0.1, 0.15) is 28.9 Å². The maximum absolute atomic E-state index is 12.4. The lowest BCUT2D eigenvalue weighted by atomic mass is 10.1. The molecule has 0 spiro atoms. The summed E-state index contributed by atoms with van der Waals surface area (Å²) in [6.07, 6.45) is 1.74. The Labute approximate surface area is 127 Å². The minimum atomic E-state index is -0.107. The number of amides is 1. The van der Waals surface area contributed by atoms with Gasteiger partial charge in [0, 0.05) is 22.1 Å². The van der Waals surface area contributed by atoms with Gasteiger partial charge in [-0.05, 0) is 30.7 Å². The molecule has 2 aromatic carbocycles. The van der Waals surface area contributed by atoms with Crippen LogP contribution in [0.15, 0.2) is 54.7 Å². The van der Waals surface area contributed by atoms with Gasteiger partial charge in [-0.3, -0.25) is 4.79 Å². The van der Waals surface area contributed by atoms with Gasteiger partial charge in [0.1, 0.15) is 0 Å². The Morgan fingerprint density at radius 1 is 1.19 bits per heavy atom. The molecule has 3 aromatic rings. The fourth-order valence-corrected chi connectivity index (χ4v) is 2.59. The summed E-state index contributed by atoms with van der Waals surface area (Å²) >= 11 is 5.99. The zero-order valence-electron chi connectivity index (χ0n) is 11.6. The van der Waals surface area contributed by atoms with E-state index in [2.05, 4.69) is 10.3 Å². The standard InChI is InChI=1S/C17H15ClN2O/c1-11(12-5-4-6-13(18)9-12)20-17(21)15-10-19-16-8-3-2-7-14(15)16/h2-11,19H,1H3,(H,20,21). The number of para-hydroxylation sites is 1. The highest BCUT2D eigenvalue weighted by molar-refractivity contribution is 6.30. The Balaban J connectivity index is 1.83. The average Bonchev–Trinajstić information content (AvgIpc) is 2.91. The van der Waals surface area contributed by atoms with E-state index in [9.17, 15) is 4.79 Å². The molecule has 106 valence electrons.